The minimum absolute atomic E-state index is 0.0836. The lowest BCUT2D eigenvalue weighted by Crippen LogP contribution is -2.03. The molecular formula is C13H9N3O5. The lowest BCUT2D eigenvalue weighted by atomic mass is 10.0. The van der Waals surface area contributed by atoms with Crippen molar-refractivity contribution < 1.29 is 15.1 Å². The molecule has 0 bridgehead atoms. The Morgan fingerprint density at radius 2 is 1.14 bits per heavy atom. The maximum atomic E-state index is 10.6. The zero-order valence-electron chi connectivity index (χ0n) is 10.5. The van der Waals surface area contributed by atoms with E-state index in [2.05, 4.69) is 5.16 Å². The highest BCUT2D eigenvalue weighted by Crippen LogP contribution is 2.18. The molecule has 0 aliphatic carbocycles. The van der Waals surface area contributed by atoms with Crippen LogP contribution in [0.2, 0.25) is 0 Å². The molecule has 0 aliphatic rings. The first-order chi connectivity index (χ1) is 10.0. The fourth-order valence-corrected chi connectivity index (χ4v) is 1.76. The normalized spacial score (nSPS) is 9.90. The van der Waals surface area contributed by atoms with Gasteiger partial charge in [0, 0.05) is 35.4 Å². The minimum Gasteiger partial charge on any atom is -0.410 e. The van der Waals surface area contributed by atoms with Gasteiger partial charge in [0.25, 0.3) is 11.4 Å². The highest BCUT2D eigenvalue weighted by atomic mass is 16.6. The Bertz CT molecular complexity index is 648. The maximum Gasteiger partial charge on any atom is 0.269 e. The molecule has 0 amide bonds. The van der Waals surface area contributed by atoms with E-state index >= 15 is 0 Å². The van der Waals surface area contributed by atoms with Gasteiger partial charge in [0.15, 0.2) is 0 Å². The zero-order chi connectivity index (χ0) is 15.4. The van der Waals surface area contributed by atoms with Crippen LogP contribution >= 0.6 is 0 Å². The maximum absolute atomic E-state index is 10.6. The van der Waals surface area contributed by atoms with Crippen LogP contribution in [0.1, 0.15) is 11.1 Å². The van der Waals surface area contributed by atoms with Crippen LogP contribution in [0.5, 0.6) is 0 Å². The summed E-state index contributed by atoms with van der Waals surface area (Å²) in [5, 5.41) is 33.4. The van der Waals surface area contributed by atoms with Crippen LogP contribution in [0.4, 0.5) is 11.4 Å². The topological polar surface area (TPSA) is 119 Å². The molecule has 0 saturated heterocycles. The summed E-state index contributed by atoms with van der Waals surface area (Å²) in [4.78, 5) is 20.1. The molecule has 0 heterocycles. The van der Waals surface area contributed by atoms with Crippen LogP contribution in [0.15, 0.2) is 53.7 Å². The van der Waals surface area contributed by atoms with E-state index in [4.69, 9.17) is 5.21 Å². The Kier molecular flexibility index (Phi) is 3.89. The van der Waals surface area contributed by atoms with Gasteiger partial charge in [-0.25, -0.2) is 0 Å². The van der Waals surface area contributed by atoms with Crippen LogP contribution in [0.3, 0.4) is 0 Å². The van der Waals surface area contributed by atoms with E-state index in [9.17, 15) is 20.2 Å². The van der Waals surface area contributed by atoms with Gasteiger partial charge >= 0.3 is 0 Å². The summed E-state index contributed by atoms with van der Waals surface area (Å²) in [6, 6.07) is 10.9. The number of oxime groups is 1. The van der Waals surface area contributed by atoms with Crippen molar-refractivity contribution >= 4 is 17.1 Å². The number of hydrogen-bond donors (Lipinski definition) is 1. The third-order valence-electron chi connectivity index (χ3n) is 2.80. The Morgan fingerprint density at radius 3 is 1.38 bits per heavy atom. The van der Waals surface area contributed by atoms with Gasteiger partial charge in [0.05, 0.1) is 9.85 Å². The molecule has 0 unspecified atom stereocenters. The fraction of sp³-hybridized carbons (Fsp3) is 0. The largest absolute Gasteiger partial charge is 0.410 e. The fourth-order valence-electron chi connectivity index (χ4n) is 1.76. The molecule has 2 rings (SSSR count). The number of non-ortho nitro benzene ring substituents is 2. The van der Waals surface area contributed by atoms with Gasteiger partial charge in [0.1, 0.15) is 5.71 Å². The van der Waals surface area contributed by atoms with Gasteiger partial charge in [0.2, 0.25) is 0 Å². The second kappa shape index (κ2) is 5.78. The van der Waals surface area contributed by atoms with E-state index in [0.717, 1.165) is 0 Å². The van der Waals surface area contributed by atoms with Crippen LogP contribution in [-0.4, -0.2) is 20.8 Å². The molecule has 0 aromatic heterocycles. The molecule has 2 aromatic carbocycles. The Hall–Kier alpha value is -3.29. The predicted molar refractivity (Wildman–Crippen MR) is 73.6 cm³/mol. The number of nitro benzene ring substituents is 2. The summed E-state index contributed by atoms with van der Waals surface area (Å²) >= 11 is 0. The third kappa shape index (κ3) is 3.00. The lowest BCUT2D eigenvalue weighted by Gasteiger charge is -2.04. The van der Waals surface area contributed by atoms with Crippen LogP contribution in [0, 0.1) is 20.2 Å². The van der Waals surface area contributed by atoms with Crippen molar-refractivity contribution in [3.05, 3.63) is 79.9 Å². The second-order valence-electron chi connectivity index (χ2n) is 4.06. The monoisotopic (exact) mass is 287 g/mol. The van der Waals surface area contributed by atoms with Gasteiger partial charge < -0.3 is 5.21 Å². The molecule has 21 heavy (non-hydrogen) atoms. The van der Waals surface area contributed by atoms with Crippen molar-refractivity contribution in [3.63, 3.8) is 0 Å². The van der Waals surface area contributed by atoms with Gasteiger partial charge in [-0.2, -0.15) is 0 Å². The van der Waals surface area contributed by atoms with Crippen molar-refractivity contribution in [1.29, 1.82) is 0 Å². The van der Waals surface area contributed by atoms with Crippen molar-refractivity contribution in [2.75, 3.05) is 0 Å². The smallest absolute Gasteiger partial charge is 0.269 e. The summed E-state index contributed by atoms with van der Waals surface area (Å²) in [5.41, 5.74) is 0.910. The van der Waals surface area contributed by atoms with Crippen molar-refractivity contribution in [1.82, 2.24) is 0 Å². The van der Waals surface area contributed by atoms with Crippen molar-refractivity contribution in [3.8, 4) is 0 Å². The molecule has 0 saturated carbocycles. The summed E-state index contributed by atoms with van der Waals surface area (Å²) < 4.78 is 0. The SMILES string of the molecule is O=[N+]([O-])c1ccc(C(=NO)c2ccc([N+](=O)[O-])cc2)cc1. The van der Waals surface area contributed by atoms with Crippen molar-refractivity contribution in [2.24, 2.45) is 5.16 Å². The molecule has 106 valence electrons. The van der Waals surface area contributed by atoms with Crippen LogP contribution in [0.25, 0.3) is 0 Å². The van der Waals surface area contributed by atoms with Crippen LogP contribution < -0.4 is 0 Å². The summed E-state index contributed by atoms with van der Waals surface area (Å²) in [6.07, 6.45) is 0. The lowest BCUT2D eigenvalue weighted by molar-refractivity contribution is -0.385. The average molecular weight is 287 g/mol. The van der Waals surface area contributed by atoms with Crippen molar-refractivity contribution in [2.45, 2.75) is 0 Å². The Morgan fingerprint density at radius 1 is 0.810 bits per heavy atom. The summed E-state index contributed by atoms with van der Waals surface area (Å²) in [7, 11) is 0. The first-order valence-corrected chi connectivity index (χ1v) is 5.74. The summed E-state index contributed by atoms with van der Waals surface area (Å²) in [6.45, 7) is 0. The molecule has 8 nitrogen and oxygen atoms in total. The molecular weight excluding hydrogens is 278 g/mol. The number of rotatable bonds is 4. The van der Waals surface area contributed by atoms with E-state index in [1.165, 1.54) is 48.5 Å². The summed E-state index contributed by atoms with van der Waals surface area (Å²) in [5.74, 6) is 0. The second-order valence-corrected chi connectivity index (χ2v) is 4.06. The number of nitrogens with zero attached hydrogens (tertiary/aromatic N) is 3. The molecule has 0 aliphatic heterocycles. The molecule has 0 spiro atoms. The quantitative estimate of drug-likeness (QED) is 0.401. The molecule has 0 atom stereocenters. The highest BCUT2D eigenvalue weighted by Gasteiger charge is 2.12. The first kappa shape index (κ1) is 14.1. The van der Waals surface area contributed by atoms with E-state index in [-0.39, 0.29) is 17.1 Å². The van der Waals surface area contributed by atoms with Gasteiger partial charge in [-0.15, -0.1) is 0 Å². The number of hydrogen-bond acceptors (Lipinski definition) is 6. The standard InChI is InChI=1S/C13H9N3O5/c17-14-13(9-1-5-11(6-2-9)15(18)19)10-3-7-12(8-4-10)16(20)21/h1-8,17H. The van der Waals surface area contributed by atoms with Gasteiger partial charge in [-0.3, -0.25) is 20.2 Å². The highest BCUT2D eigenvalue weighted by molar-refractivity contribution is 6.12. The Balaban J connectivity index is 2.35. The molecule has 0 fully saturated rings. The molecule has 2 aromatic rings. The molecule has 1 N–H and O–H groups in total. The average Bonchev–Trinajstić information content (AvgIpc) is 2.49. The van der Waals surface area contributed by atoms with E-state index in [1.807, 2.05) is 0 Å². The van der Waals surface area contributed by atoms with Gasteiger partial charge in [-0.05, 0) is 24.3 Å². The minimum atomic E-state index is -0.536. The van der Waals surface area contributed by atoms with Gasteiger partial charge in [-0.1, -0.05) is 5.16 Å². The van der Waals surface area contributed by atoms with E-state index < -0.39 is 9.85 Å². The number of nitro groups is 2. The van der Waals surface area contributed by atoms with Crippen LogP contribution in [-0.2, 0) is 0 Å². The predicted octanol–water partition coefficient (Wildman–Crippen LogP) is 2.73. The van der Waals surface area contributed by atoms with E-state index in [0.29, 0.717) is 11.1 Å². The first-order valence-electron chi connectivity index (χ1n) is 5.74. The Labute approximate surface area is 118 Å². The molecule has 0 radical (unpaired) electrons. The zero-order valence-corrected chi connectivity index (χ0v) is 10.5. The molecule has 8 heteroatoms. The third-order valence-corrected chi connectivity index (χ3v) is 2.80. The van der Waals surface area contributed by atoms with E-state index in [1.54, 1.807) is 0 Å². The number of benzene rings is 2.